The van der Waals surface area contributed by atoms with E-state index < -0.39 is 15.9 Å². The lowest BCUT2D eigenvalue weighted by atomic mass is 9.87. The molecule has 1 amide bonds. The van der Waals surface area contributed by atoms with E-state index in [1.165, 1.54) is 24.7 Å². The summed E-state index contributed by atoms with van der Waals surface area (Å²) in [4.78, 5) is 12.4. The normalized spacial score (nSPS) is 11.8. The number of rotatable bonds is 7. The number of hydrogen-bond acceptors (Lipinski definition) is 4. The highest BCUT2D eigenvalue weighted by molar-refractivity contribution is 7.92. The lowest BCUT2D eigenvalue weighted by Gasteiger charge is -2.19. The predicted octanol–water partition coefficient (Wildman–Crippen LogP) is 3.84. The number of nitrogens with zero attached hydrogens (tertiary/aromatic N) is 1. The average Bonchev–Trinajstić information content (AvgIpc) is 2.64. The van der Waals surface area contributed by atoms with Crippen LogP contribution in [0.2, 0.25) is 5.02 Å². The third-order valence-electron chi connectivity index (χ3n) is 4.43. The lowest BCUT2D eigenvalue weighted by molar-refractivity contribution is 0.0947. The molecular formula is C21H27ClN2O4S. The Morgan fingerprint density at radius 2 is 1.76 bits per heavy atom. The molecule has 2 aromatic carbocycles. The highest BCUT2D eigenvalue weighted by atomic mass is 35.5. The van der Waals surface area contributed by atoms with Gasteiger partial charge in [-0.2, -0.15) is 0 Å². The van der Waals surface area contributed by atoms with E-state index >= 15 is 0 Å². The molecule has 0 bridgehead atoms. The van der Waals surface area contributed by atoms with Crippen LogP contribution < -0.4 is 14.4 Å². The van der Waals surface area contributed by atoms with Gasteiger partial charge in [0.05, 0.1) is 29.1 Å². The van der Waals surface area contributed by atoms with Crippen LogP contribution in [0.5, 0.6) is 5.75 Å². The zero-order chi connectivity index (χ0) is 21.8. The van der Waals surface area contributed by atoms with Crippen molar-refractivity contribution in [2.24, 2.45) is 0 Å². The number of sulfonamides is 1. The maximum atomic E-state index is 12.4. The van der Waals surface area contributed by atoms with Gasteiger partial charge in [-0.15, -0.1) is 0 Å². The molecule has 0 aliphatic heterocycles. The van der Waals surface area contributed by atoms with Crippen LogP contribution in [0.3, 0.4) is 0 Å². The molecule has 0 fully saturated rings. The Balaban J connectivity index is 1.94. The van der Waals surface area contributed by atoms with Gasteiger partial charge in [0.25, 0.3) is 5.91 Å². The summed E-state index contributed by atoms with van der Waals surface area (Å²) in [5, 5.41) is 2.98. The number of carbonyl (C=O) groups excluding carboxylic acids is 1. The molecule has 29 heavy (non-hydrogen) atoms. The molecule has 2 aromatic rings. The molecule has 0 saturated carbocycles. The Morgan fingerprint density at radius 1 is 1.14 bits per heavy atom. The van der Waals surface area contributed by atoms with Crippen molar-refractivity contribution in [3.8, 4) is 5.75 Å². The van der Waals surface area contributed by atoms with Crippen LogP contribution in [0.25, 0.3) is 0 Å². The number of halogens is 1. The molecular weight excluding hydrogens is 412 g/mol. The van der Waals surface area contributed by atoms with E-state index in [0.717, 1.165) is 16.3 Å². The fourth-order valence-corrected chi connectivity index (χ4v) is 3.25. The van der Waals surface area contributed by atoms with Crippen LogP contribution in [0.4, 0.5) is 5.69 Å². The van der Waals surface area contributed by atoms with Gasteiger partial charge in [-0.05, 0) is 41.3 Å². The summed E-state index contributed by atoms with van der Waals surface area (Å²) >= 11 is 6.11. The molecule has 0 aliphatic carbocycles. The van der Waals surface area contributed by atoms with E-state index in [-0.39, 0.29) is 22.5 Å². The maximum absolute atomic E-state index is 12.4. The maximum Gasteiger partial charge on any atom is 0.252 e. The molecule has 6 nitrogen and oxygen atoms in total. The zero-order valence-electron chi connectivity index (χ0n) is 17.3. The van der Waals surface area contributed by atoms with Crippen molar-refractivity contribution in [2.75, 3.05) is 30.8 Å². The van der Waals surface area contributed by atoms with Gasteiger partial charge >= 0.3 is 0 Å². The van der Waals surface area contributed by atoms with Gasteiger partial charge in [-0.3, -0.25) is 9.10 Å². The fraction of sp³-hybridized carbons (Fsp3) is 0.381. The molecule has 0 aromatic heterocycles. The molecule has 8 heteroatoms. The lowest BCUT2D eigenvalue weighted by Crippen LogP contribution is -2.29. The number of carbonyl (C=O) groups is 1. The molecule has 2 rings (SSSR count). The smallest absolute Gasteiger partial charge is 0.252 e. The Hall–Kier alpha value is -2.25. The average molecular weight is 439 g/mol. The third-order valence-corrected chi connectivity index (χ3v) is 5.97. The molecule has 0 heterocycles. The first-order chi connectivity index (χ1) is 13.4. The highest BCUT2D eigenvalue weighted by Gasteiger charge is 2.17. The fourth-order valence-electron chi connectivity index (χ4n) is 2.55. The molecule has 0 aliphatic rings. The van der Waals surface area contributed by atoms with Gasteiger partial charge < -0.3 is 10.1 Å². The van der Waals surface area contributed by atoms with Gasteiger partial charge in [0.15, 0.2) is 0 Å². The van der Waals surface area contributed by atoms with E-state index in [4.69, 9.17) is 16.3 Å². The number of ether oxygens (including phenoxy) is 1. The number of hydrogen-bond donors (Lipinski definition) is 1. The zero-order valence-corrected chi connectivity index (χ0v) is 18.9. The second-order valence-corrected chi connectivity index (χ2v) is 10.2. The molecule has 0 saturated heterocycles. The van der Waals surface area contributed by atoms with Crippen molar-refractivity contribution in [1.82, 2.24) is 5.32 Å². The van der Waals surface area contributed by atoms with E-state index in [9.17, 15) is 13.2 Å². The summed E-state index contributed by atoms with van der Waals surface area (Å²) in [5.41, 5.74) is 1.85. The first-order valence-electron chi connectivity index (χ1n) is 9.14. The molecule has 0 radical (unpaired) electrons. The molecule has 158 valence electrons. The summed E-state index contributed by atoms with van der Waals surface area (Å²) in [6.07, 6.45) is 1.09. The monoisotopic (exact) mass is 438 g/mol. The molecule has 0 spiro atoms. The van der Waals surface area contributed by atoms with Crippen molar-refractivity contribution >= 4 is 33.2 Å². The third kappa shape index (κ3) is 6.37. The van der Waals surface area contributed by atoms with Crippen molar-refractivity contribution in [1.29, 1.82) is 0 Å². The van der Waals surface area contributed by atoms with Gasteiger partial charge in [0, 0.05) is 7.05 Å². The molecule has 0 atom stereocenters. The van der Waals surface area contributed by atoms with E-state index in [0.29, 0.717) is 12.3 Å². The summed E-state index contributed by atoms with van der Waals surface area (Å²) in [6.45, 7) is 7.01. The van der Waals surface area contributed by atoms with E-state index in [2.05, 4.69) is 26.1 Å². The second kappa shape index (κ2) is 9.05. The van der Waals surface area contributed by atoms with Gasteiger partial charge in [0.2, 0.25) is 10.0 Å². The summed E-state index contributed by atoms with van der Waals surface area (Å²) in [6, 6.07) is 12.4. The van der Waals surface area contributed by atoms with Crippen molar-refractivity contribution in [3.05, 3.63) is 58.6 Å². The Bertz CT molecular complexity index is 967. The van der Waals surface area contributed by atoms with Crippen molar-refractivity contribution in [3.63, 3.8) is 0 Å². The van der Waals surface area contributed by atoms with Crippen LogP contribution in [-0.2, 0) is 15.4 Å². The van der Waals surface area contributed by atoms with Crippen molar-refractivity contribution in [2.45, 2.75) is 26.2 Å². The molecule has 0 unspecified atom stereocenters. The molecule has 1 N–H and O–H groups in total. The minimum Gasteiger partial charge on any atom is -0.492 e. The SMILES string of the molecule is CN(c1ccc(Cl)c(C(=O)NCCOc2ccc(C(C)(C)C)cc2)c1)S(C)(=O)=O. The summed E-state index contributed by atoms with van der Waals surface area (Å²) < 4.78 is 30.1. The Labute approximate surface area is 177 Å². The van der Waals surface area contributed by atoms with E-state index in [1.807, 2.05) is 24.3 Å². The second-order valence-electron chi connectivity index (χ2n) is 7.77. The number of benzene rings is 2. The van der Waals surface area contributed by atoms with Gasteiger partial charge in [0.1, 0.15) is 12.4 Å². The minimum absolute atomic E-state index is 0.0749. The summed E-state index contributed by atoms with van der Waals surface area (Å²) in [7, 11) is -2.02. The first kappa shape index (κ1) is 23.0. The van der Waals surface area contributed by atoms with E-state index in [1.54, 1.807) is 6.07 Å². The van der Waals surface area contributed by atoms with Crippen molar-refractivity contribution < 1.29 is 17.9 Å². The number of amides is 1. The largest absolute Gasteiger partial charge is 0.492 e. The topological polar surface area (TPSA) is 75.7 Å². The summed E-state index contributed by atoms with van der Waals surface area (Å²) in [5.74, 6) is 0.326. The van der Waals surface area contributed by atoms with Crippen LogP contribution in [0, 0.1) is 0 Å². The van der Waals surface area contributed by atoms with Crippen LogP contribution >= 0.6 is 11.6 Å². The highest BCUT2D eigenvalue weighted by Crippen LogP contribution is 2.25. The van der Waals surface area contributed by atoms with Gasteiger partial charge in [-0.1, -0.05) is 44.5 Å². The standard InChI is InChI=1S/C21H27ClN2O4S/c1-21(2,3)15-6-9-17(10-7-15)28-13-12-23-20(25)18-14-16(8-11-19(18)22)24(4)29(5,26)27/h6-11,14H,12-13H2,1-5H3,(H,23,25). The predicted molar refractivity (Wildman–Crippen MR) is 118 cm³/mol. The van der Waals surface area contributed by atoms with Crippen LogP contribution in [0.15, 0.2) is 42.5 Å². The quantitative estimate of drug-likeness (QED) is 0.666. The minimum atomic E-state index is -3.44. The number of anilines is 1. The van der Waals surface area contributed by atoms with Gasteiger partial charge in [-0.25, -0.2) is 8.42 Å². The number of nitrogens with one attached hydrogen (secondary N) is 1. The first-order valence-corrected chi connectivity index (χ1v) is 11.4. The Morgan fingerprint density at radius 3 is 2.31 bits per heavy atom. The van der Waals surface area contributed by atoms with Crippen LogP contribution in [-0.4, -0.2) is 40.8 Å². The Kier molecular flexibility index (Phi) is 7.19. The van der Waals surface area contributed by atoms with Crippen LogP contribution in [0.1, 0.15) is 36.7 Å².